The van der Waals surface area contributed by atoms with Crippen molar-refractivity contribution < 1.29 is 18.7 Å². The van der Waals surface area contributed by atoms with Crippen LogP contribution >= 0.6 is 0 Å². The van der Waals surface area contributed by atoms with E-state index in [1.54, 1.807) is 23.1 Å². The summed E-state index contributed by atoms with van der Waals surface area (Å²) in [4.78, 5) is 29.3. The Morgan fingerprint density at radius 2 is 1.96 bits per heavy atom. The molecule has 0 radical (unpaired) electrons. The molecule has 2 N–H and O–H groups in total. The van der Waals surface area contributed by atoms with Gasteiger partial charge < -0.3 is 15.4 Å². The molecule has 4 rings (SSSR count). The first-order valence-corrected chi connectivity index (χ1v) is 8.42. The van der Waals surface area contributed by atoms with E-state index in [2.05, 4.69) is 4.98 Å². The number of primary amides is 1. The van der Waals surface area contributed by atoms with Gasteiger partial charge >= 0.3 is 6.09 Å². The van der Waals surface area contributed by atoms with Crippen molar-refractivity contribution in [1.29, 1.82) is 0 Å². The van der Waals surface area contributed by atoms with Gasteiger partial charge in [0, 0.05) is 11.9 Å². The molecule has 1 aliphatic heterocycles. The number of nitrogens with zero attached hydrogens (tertiary/aromatic N) is 2. The summed E-state index contributed by atoms with van der Waals surface area (Å²) >= 11 is 0. The topological polar surface area (TPSA) is 85.5 Å². The van der Waals surface area contributed by atoms with Crippen LogP contribution in [0, 0.1) is 5.82 Å². The second-order valence-corrected chi connectivity index (χ2v) is 6.31. The number of nitrogens with two attached hydrogens (primary N) is 1. The van der Waals surface area contributed by atoms with Crippen molar-refractivity contribution in [1.82, 2.24) is 9.88 Å². The number of aromatic nitrogens is 1. The minimum absolute atomic E-state index is 0.125. The van der Waals surface area contributed by atoms with Crippen LogP contribution in [-0.2, 0) is 11.3 Å². The number of hydrogen-bond donors (Lipinski definition) is 1. The summed E-state index contributed by atoms with van der Waals surface area (Å²) in [7, 11) is 0. The van der Waals surface area contributed by atoms with Gasteiger partial charge in [-0.3, -0.25) is 4.79 Å². The summed E-state index contributed by atoms with van der Waals surface area (Å²) < 4.78 is 18.2. The lowest BCUT2D eigenvalue weighted by Crippen LogP contribution is -2.23. The second kappa shape index (κ2) is 6.68. The largest absolute Gasteiger partial charge is 0.448 e. The summed E-state index contributed by atoms with van der Waals surface area (Å²) in [6.45, 7) is 1.31. The molecule has 0 bridgehead atoms. The predicted octanol–water partition coefficient (Wildman–Crippen LogP) is 3.09. The molecule has 0 saturated carbocycles. The molecule has 1 aliphatic rings. The third-order valence-corrected chi connectivity index (χ3v) is 4.50. The lowest BCUT2D eigenvalue weighted by atomic mass is 9.98. The molecule has 6 nitrogen and oxygen atoms in total. The Morgan fingerprint density at radius 1 is 1.19 bits per heavy atom. The third kappa shape index (κ3) is 3.31. The summed E-state index contributed by atoms with van der Waals surface area (Å²) in [5, 5.41) is 0.805. The zero-order valence-electron chi connectivity index (χ0n) is 14.3. The van der Waals surface area contributed by atoms with Crippen molar-refractivity contribution in [3.05, 3.63) is 65.6 Å². The number of pyridine rings is 1. The monoisotopic (exact) mass is 365 g/mol. The molecule has 0 spiro atoms. The molecule has 3 aromatic rings. The van der Waals surface area contributed by atoms with Crippen molar-refractivity contribution in [3.63, 3.8) is 0 Å². The fraction of sp³-hybridized carbons (Fsp3) is 0.150. The zero-order chi connectivity index (χ0) is 19.0. The Kier molecular flexibility index (Phi) is 4.19. The van der Waals surface area contributed by atoms with Crippen LogP contribution in [0.2, 0.25) is 0 Å². The summed E-state index contributed by atoms with van der Waals surface area (Å²) in [5.41, 5.74) is 8.49. The van der Waals surface area contributed by atoms with Gasteiger partial charge in [-0.15, -0.1) is 0 Å². The van der Waals surface area contributed by atoms with E-state index in [-0.39, 0.29) is 17.6 Å². The maximum Gasteiger partial charge on any atom is 0.410 e. The molecule has 0 aliphatic carbocycles. The van der Waals surface area contributed by atoms with Crippen molar-refractivity contribution >= 4 is 22.9 Å². The number of benzene rings is 2. The molecular weight excluding hydrogens is 349 g/mol. The summed E-state index contributed by atoms with van der Waals surface area (Å²) in [6, 6.07) is 13.2. The van der Waals surface area contributed by atoms with Gasteiger partial charge in [-0.2, -0.15) is 0 Å². The Morgan fingerprint density at radius 3 is 2.63 bits per heavy atom. The van der Waals surface area contributed by atoms with Crippen molar-refractivity contribution in [2.75, 3.05) is 13.2 Å². The highest BCUT2D eigenvalue weighted by Gasteiger charge is 2.22. The van der Waals surface area contributed by atoms with Gasteiger partial charge in [-0.05, 0) is 41.0 Å². The quantitative estimate of drug-likeness (QED) is 0.770. The fourth-order valence-electron chi connectivity index (χ4n) is 3.16. The predicted molar refractivity (Wildman–Crippen MR) is 97.4 cm³/mol. The van der Waals surface area contributed by atoms with Crippen LogP contribution < -0.4 is 5.73 Å². The van der Waals surface area contributed by atoms with Crippen LogP contribution in [0.5, 0.6) is 0 Å². The molecular formula is C20H16FN3O3. The molecule has 136 valence electrons. The first kappa shape index (κ1) is 17.0. The Bertz CT molecular complexity index is 1050. The highest BCUT2D eigenvalue weighted by atomic mass is 19.1. The van der Waals surface area contributed by atoms with E-state index >= 15 is 0 Å². The summed E-state index contributed by atoms with van der Waals surface area (Å²) in [5.74, 6) is -0.985. The number of amides is 2. The van der Waals surface area contributed by atoms with Gasteiger partial charge in [-0.1, -0.05) is 24.3 Å². The van der Waals surface area contributed by atoms with Crippen molar-refractivity contribution in [3.8, 4) is 11.1 Å². The number of carbonyl (C=O) groups is 2. The van der Waals surface area contributed by atoms with Crippen LogP contribution in [-0.4, -0.2) is 35.0 Å². The number of rotatable bonds is 4. The van der Waals surface area contributed by atoms with E-state index < -0.39 is 5.91 Å². The van der Waals surface area contributed by atoms with E-state index in [9.17, 15) is 14.0 Å². The second-order valence-electron chi connectivity index (χ2n) is 6.31. The van der Waals surface area contributed by atoms with Gasteiger partial charge in [0.25, 0.3) is 5.91 Å². The van der Waals surface area contributed by atoms with Gasteiger partial charge in [0.1, 0.15) is 18.1 Å². The summed E-state index contributed by atoms with van der Waals surface area (Å²) in [6.07, 6.45) is -0.346. The number of hydrogen-bond acceptors (Lipinski definition) is 4. The van der Waals surface area contributed by atoms with Gasteiger partial charge in [0.05, 0.1) is 12.1 Å². The Hall–Kier alpha value is -3.48. The van der Waals surface area contributed by atoms with Crippen LogP contribution in [0.15, 0.2) is 48.5 Å². The molecule has 0 unspecified atom stereocenters. The number of ether oxygens (including phenoxy) is 1. The molecule has 0 atom stereocenters. The van der Waals surface area contributed by atoms with E-state index in [4.69, 9.17) is 10.5 Å². The fourth-order valence-corrected chi connectivity index (χ4v) is 3.16. The van der Waals surface area contributed by atoms with Crippen molar-refractivity contribution in [2.24, 2.45) is 5.73 Å². The molecule has 1 fully saturated rings. The Labute approximate surface area is 154 Å². The molecule has 7 heteroatoms. The minimum atomic E-state index is -0.645. The van der Waals surface area contributed by atoms with Crippen molar-refractivity contribution in [2.45, 2.75) is 6.54 Å². The SMILES string of the molecule is NC(=O)c1cc(-c2ccc(F)cc2)c2ccc(CN3CCOC3=O)cc2n1. The Balaban J connectivity index is 1.81. The molecule has 1 saturated heterocycles. The minimum Gasteiger partial charge on any atom is -0.448 e. The first-order chi connectivity index (χ1) is 13.0. The molecule has 2 aromatic carbocycles. The van der Waals surface area contributed by atoms with E-state index in [0.29, 0.717) is 25.2 Å². The molecule has 2 heterocycles. The average molecular weight is 365 g/mol. The van der Waals surface area contributed by atoms with Crippen LogP contribution in [0.4, 0.5) is 9.18 Å². The normalized spacial score (nSPS) is 13.8. The first-order valence-electron chi connectivity index (χ1n) is 8.42. The van der Waals surface area contributed by atoms with Gasteiger partial charge in [-0.25, -0.2) is 14.2 Å². The van der Waals surface area contributed by atoms with Gasteiger partial charge in [0.15, 0.2) is 0 Å². The smallest absolute Gasteiger partial charge is 0.410 e. The molecule has 1 aromatic heterocycles. The van der Waals surface area contributed by atoms with Crippen LogP contribution in [0.25, 0.3) is 22.0 Å². The highest BCUT2D eigenvalue weighted by molar-refractivity contribution is 6.00. The lowest BCUT2D eigenvalue weighted by molar-refractivity contribution is 0.0996. The van der Waals surface area contributed by atoms with E-state index in [1.807, 2.05) is 18.2 Å². The third-order valence-electron chi connectivity index (χ3n) is 4.50. The van der Waals surface area contributed by atoms with E-state index in [0.717, 1.165) is 22.1 Å². The number of fused-ring (bicyclic) bond motifs is 1. The average Bonchev–Trinajstić information content (AvgIpc) is 3.06. The lowest BCUT2D eigenvalue weighted by Gasteiger charge is -2.14. The maximum atomic E-state index is 13.3. The maximum absolute atomic E-state index is 13.3. The van der Waals surface area contributed by atoms with Crippen LogP contribution in [0.1, 0.15) is 16.1 Å². The number of halogens is 1. The van der Waals surface area contributed by atoms with Gasteiger partial charge in [0.2, 0.25) is 0 Å². The van der Waals surface area contributed by atoms with Crippen LogP contribution in [0.3, 0.4) is 0 Å². The number of cyclic esters (lactones) is 1. The van der Waals surface area contributed by atoms with E-state index in [1.165, 1.54) is 12.1 Å². The molecule has 2 amide bonds. The highest BCUT2D eigenvalue weighted by Crippen LogP contribution is 2.30. The molecule has 27 heavy (non-hydrogen) atoms. The standard InChI is InChI=1S/C20H16FN3O3/c21-14-4-2-13(3-5-14)16-10-18(19(22)25)23-17-9-12(1-6-15(16)17)11-24-7-8-27-20(24)26/h1-6,9-10H,7-8,11H2,(H2,22,25). The zero-order valence-corrected chi connectivity index (χ0v) is 14.3. The number of carbonyl (C=O) groups excluding carboxylic acids is 2.